The van der Waals surface area contributed by atoms with Gasteiger partial charge in [-0.1, -0.05) is 54.1 Å². The number of rotatable bonds is 2. The average molecular weight is 368 g/mol. The molecule has 0 amide bonds. The van der Waals surface area contributed by atoms with E-state index >= 15 is 0 Å². The van der Waals surface area contributed by atoms with E-state index in [4.69, 9.17) is 0 Å². The molecule has 2 atom stereocenters. The van der Waals surface area contributed by atoms with E-state index in [1.807, 2.05) is 6.07 Å². The van der Waals surface area contributed by atoms with Crippen LogP contribution < -0.4 is 10.9 Å². The van der Waals surface area contributed by atoms with Gasteiger partial charge in [0.1, 0.15) is 0 Å². The fourth-order valence-electron chi connectivity index (χ4n) is 5.26. The van der Waals surface area contributed by atoms with Gasteiger partial charge in [-0.15, -0.1) is 0 Å². The van der Waals surface area contributed by atoms with E-state index in [2.05, 4.69) is 78.8 Å². The van der Waals surface area contributed by atoms with Crippen LogP contribution in [0.15, 0.2) is 82.7 Å². The Kier molecular flexibility index (Phi) is 3.80. The zero-order valence-corrected chi connectivity index (χ0v) is 16.3. The highest BCUT2D eigenvalue weighted by molar-refractivity contribution is 5.94. The van der Waals surface area contributed by atoms with Crippen LogP contribution in [-0.2, 0) is 12.0 Å². The number of fused-ring (bicyclic) bond motifs is 5. The third kappa shape index (κ3) is 2.46. The Labute approximate surface area is 164 Å². The number of aromatic nitrogens is 1. The van der Waals surface area contributed by atoms with Gasteiger partial charge in [-0.25, -0.2) is 0 Å². The SMILES string of the molecule is C/C=C1\[C@H]2C=C(C)C[C@]1(Nc1cccc3ccccc13)c1ccc(=O)[nH]c1C2. The lowest BCUT2D eigenvalue weighted by Crippen LogP contribution is -2.47. The molecule has 140 valence electrons. The molecule has 1 aromatic heterocycles. The fraction of sp³-hybridized carbons (Fsp3) is 0.240. The van der Waals surface area contributed by atoms with Gasteiger partial charge in [-0.3, -0.25) is 4.79 Å². The number of allylic oxidation sites excluding steroid dienone is 2. The number of hydrogen-bond acceptors (Lipinski definition) is 2. The Hall–Kier alpha value is -3.07. The monoisotopic (exact) mass is 368 g/mol. The van der Waals surface area contributed by atoms with Crippen LogP contribution in [0.5, 0.6) is 0 Å². The van der Waals surface area contributed by atoms with Gasteiger partial charge in [0.05, 0.1) is 5.54 Å². The summed E-state index contributed by atoms with van der Waals surface area (Å²) in [6.07, 6.45) is 6.37. The van der Waals surface area contributed by atoms with Gasteiger partial charge in [0, 0.05) is 34.3 Å². The average Bonchev–Trinajstić information content (AvgIpc) is 2.67. The Balaban J connectivity index is 1.76. The Morgan fingerprint density at radius 3 is 2.79 bits per heavy atom. The number of pyridine rings is 1. The van der Waals surface area contributed by atoms with E-state index in [0.29, 0.717) is 5.92 Å². The largest absolute Gasteiger partial charge is 0.371 e. The number of nitrogens with one attached hydrogen (secondary N) is 2. The third-order valence-corrected chi connectivity index (χ3v) is 6.26. The van der Waals surface area contributed by atoms with E-state index < -0.39 is 0 Å². The van der Waals surface area contributed by atoms with Gasteiger partial charge in [-0.2, -0.15) is 0 Å². The van der Waals surface area contributed by atoms with Gasteiger partial charge in [-0.05, 0) is 49.8 Å². The summed E-state index contributed by atoms with van der Waals surface area (Å²) in [4.78, 5) is 15.1. The molecule has 0 unspecified atom stereocenters. The topological polar surface area (TPSA) is 44.9 Å². The molecule has 2 aliphatic rings. The molecule has 0 saturated heterocycles. The minimum Gasteiger partial charge on any atom is -0.371 e. The summed E-state index contributed by atoms with van der Waals surface area (Å²) in [5.74, 6) is 0.312. The molecule has 0 spiro atoms. The first-order chi connectivity index (χ1) is 13.6. The molecule has 3 nitrogen and oxygen atoms in total. The zero-order chi connectivity index (χ0) is 19.3. The van der Waals surface area contributed by atoms with Crippen molar-refractivity contribution in [2.45, 2.75) is 32.2 Å². The lowest BCUT2D eigenvalue weighted by Gasteiger charge is -2.48. The zero-order valence-electron chi connectivity index (χ0n) is 16.3. The fourth-order valence-corrected chi connectivity index (χ4v) is 5.26. The molecule has 0 saturated carbocycles. The smallest absolute Gasteiger partial charge is 0.248 e. The summed E-state index contributed by atoms with van der Waals surface area (Å²) < 4.78 is 0. The number of H-pyrrole nitrogens is 1. The molecular formula is C25H24N2O. The number of aromatic amines is 1. The van der Waals surface area contributed by atoms with Crippen LogP contribution in [0, 0.1) is 5.92 Å². The predicted molar refractivity (Wildman–Crippen MR) is 116 cm³/mol. The summed E-state index contributed by atoms with van der Waals surface area (Å²) in [6, 6.07) is 18.6. The highest BCUT2D eigenvalue weighted by Gasteiger charge is 2.46. The highest BCUT2D eigenvalue weighted by atomic mass is 16.1. The normalized spacial score (nSPS) is 24.7. The molecule has 1 heterocycles. The van der Waals surface area contributed by atoms with Crippen molar-refractivity contribution < 1.29 is 0 Å². The summed E-state index contributed by atoms with van der Waals surface area (Å²) in [6.45, 7) is 4.35. The maximum Gasteiger partial charge on any atom is 0.248 e. The molecule has 0 fully saturated rings. The summed E-state index contributed by atoms with van der Waals surface area (Å²) in [7, 11) is 0. The molecule has 2 N–H and O–H groups in total. The van der Waals surface area contributed by atoms with Crippen molar-refractivity contribution >= 4 is 16.5 Å². The minimum atomic E-state index is -0.333. The lowest BCUT2D eigenvalue weighted by molar-refractivity contribution is 0.440. The van der Waals surface area contributed by atoms with Crippen LogP contribution in [0.1, 0.15) is 31.5 Å². The second-order valence-electron chi connectivity index (χ2n) is 8.02. The number of hydrogen-bond donors (Lipinski definition) is 2. The summed E-state index contributed by atoms with van der Waals surface area (Å²) in [5, 5.41) is 6.39. The van der Waals surface area contributed by atoms with Crippen LogP contribution in [0.4, 0.5) is 5.69 Å². The van der Waals surface area contributed by atoms with Crippen molar-refractivity contribution in [3.63, 3.8) is 0 Å². The van der Waals surface area contributed by atoms with Gasteiger partial charge >= 0.3 is 0 Å². The highest BCUT2D eigenvalue weighted by Crippen LogP contribution is 2.51. The van der Waals surface area contributed by atoms with E-state index in [-0.39, 0.29) is 11.1 Å². The van der Waals surface area contributed by atoms with Crippen molar-refractivity contribution in [1.82, 2.24) is 4.98 Å². The molecule has 2 aliphatic carbocycles. The van der Waals surface area contributed by atoms with Gasteiger partial charge in [0.2, 0.25) is 5.56 Å². The predicted octanol–water partition coefficient (Wildman–Crippen LogP) is 5.30. The molecule has 2 bridgehead atoms. The molecule has 0 aliphatic heterocycles. The van der Waals surface area contributed by atoms with Crippen molar-refractivity contribution in [1.29, 1.82) is 0 Å². The number of anilines is 1. The van der Waals surface area contributed by atoms with Crippen LogP contribution >= 0.6 is 0 Å². The Morgan fingerprint density at radius 2 is 1.93 bits per heavy atom. The maximum atomic E-state index is 12.0. The molecule has 5 rings (SSSR count). The van der Waals surface area contributed by atoms with Gasteiger partial charge < -0.3 is 10.3 Å². The van der Waals surface area contributed by atoms with E-state index in [1.54, 1.807) is 6.07 Å². The first-order valence-electron chi connectivity index (χ1n) is 9.93. The molecular weight excluding hydrogens is 344 g/mol. The van der Waals surface area contributed by atoms with E-state index in [9.17, 15) is 4.79 Å². The van der Waals surface area contributed by atoms with Crippen LogP contribution in [0.25, 0.3) is 10.8 Å². The first kappa shape index (κ1) is 17.1. The van der Waals surface area contributed by atoms with E-state index in [0.717, 1.165) is 24.2 Å². The standard InChI is InChI=1S/C25H24N2O/c1-3-20-18-13-16(2)15-25(20,21-11-12-24(28)26-23(21)14-18)27-22-10-6-8-17-7-4-5-9-19(17)22/h3-13,18,27H,14-15H2,1-2H3,(H,26,28)/b20-3+/t18-,25+/m0/s1. The lowest BCUT2D eigenvalue weighted by atomic mass is 9.63. The molecule has 2 aromatic carbocycles. The molecule has 3 heteroatoms. The van der Waals surface area contributed by atoms with Crippen LogP contribution in [-0.4, -0.2) is 4.98 Å². The van der Waals surface area contributed by atoms with Crippen molar-refractivity contribution in [2.75, 3.05) is 5.32 Å². The second-order valence-corrected chi connectivity index (χ2v) is 8.02. The van der Waals surface area contributed by atoms with Crippen molar-refractivity contribution in [3.05, 3.63) is 99.5 Å². The third-order valence-electron chi connectivity index (χ3n) is 6.26. The van der Waals surface area contributed by atoms with Crippen LogP contribution in [0.2, 0.25) is 0 Å². The van der Waals surface area contributed by atoms with Crippen molar-refractivity contribution in [3.8, 4) is 0 Å². The molecule has 28 heavy (non-hydrogen) atoms. The van der Waals surface area contributed by atoms with Gasteiger partial charge in [0.15, 0.2) is 0 Å². The van der Waals surface area contributed by atoms with E-state index in [1.165, 1.54) is 27.5 Å². The Morgan fingerprint density at radius 1 is 1.11 bits per heavy atom. The summed E-state index contributed by atoms with van der Waals surface area (Å²) >= 11 is 0. The van der Waals surface area contributed by atoms with Crippen molar-refractivity contribution in [2.24, 2.45) is 5.92 Å². The molecule has 0 radical (unpaired) electrons. The number of benzene rings is 2. The summed E-state index contributed by atoms with van der Waals surface area (Å²) in [5.41, 5.74) is 5.80. The molecule has 3 aromatic rings. The maximum absolute atomic E-state index is 12.0. The minimum absolute atomic E-state index is 0.0261. The second kappa shape index (κ2) is 6.23. The van der Waals surface area contributed by atoms with Crippen LogP contribution in [0.3, 0.4) is 0 Å². The van der Waals surface area contributed by atoms with Gasteiger partial charge in [0.25, 0.3) is 0 Å². The quantitative estimate of drug-likeness (QED) is 0.603. The Bertz CT molecular complexity index is 1200. The first-order valence-corrected chi connectivity index (χ1v) is 9.93.